The van der Waals surface area contributed by atoms with Crippen LogP contribution in [0.15, 0.2) is 12.1 Å². The van der Waals surface area contributed by atoms with Gasteiger partial charge in [-0.3, -0.25) is 0 Å². The zero-order valence-corrected chi connectivity index (χ0v) is 10.1. The Hall–Kier alpha value is -1.49. The first-order chi connectivity index (χ1) is 8.16. The van der Waals surface area contributed by atoms with E-state index in [4.69, 9.17) is 5.73 Å². The van der Waals surface area contributed by atoms with Gasteiger partial charge in [-0.05, 0) is 31.9 Å². The van der Waals surface area contributed by atoms with Crippen LogP contribution in [0.2, 0.25) is 0 Å². The maximum Gasteiger partial charge on any atom is 0.177 e. The second-order valence-electron chi connectivity index (χ2n) is 5.11. The predicted octanol–water partition coefficient (Wildman–Crippen LogP) is 1.25. The molecule has 0 saturated heterocycles. The third-order valence-electron chi connectivity index (χ3n) is 3.57. The maximum atomic E-state index is 6.37. The molecule has 0 spiro atoms. The van der Waals surface area contributed by atoms with Gasteiger partial charge in [0.15, 0.2) is 11.5 Å². The highest BCUT2D eigenvalue weighted by Crippen LogP contribution is 2.29. The van der Waals surface area contributed by atoms with Crippen LogP contribution in [-0.4, -0.2) is 25.4 Å². The van der Waals surface area contributed by atoms with Crippen LogP contribution < -0.4 is 5.73 Å². The molecule has 1 aliphatic carbocycles. The normalized spacial score (nSPS) is 18.9. The van der Waals surface area contributed by atoms with E-state index in [-0.39, 0.29) is 5.54 Å². The van der Waals surface area contributed by atoms with Gasteiger partial charge in [-0.1, -0.05) is 12.8 Å². The van der Waals surface area contributed by atoms with E-state index < -0.39 is 0 Å². The van der Waals surface area contributed by atoms with Crippen molar-refractivity contribution in [3.8, 4) is 0 Å². The van der Waals surface area contributed by atoms with E-state index in [1.54, 1.807) is 0 Å². The van der Waals surface area contributed by atoms with Gasteiger partial charge in [0, 0.05) is 12.0 Å². The molecular weight excluding hydrogens is 214 g/mol. The van der Waals surface area contributed by atoms with Crippen LogP contribution in [0.25, 0.3) is 5.65 Å². The van der Waals surface area contributed by atoms with E-state index in [2.05, 4.69) is 15.3 Å². The van der Waals surface area contributed by atoms with Gasteiger partial charge in [-0.2, -0.15) is 9.61 Å². The van der Waals surface area contributed by atoms with Crippen LogP contribution in [0.3, 0.4) is 0 Å². The molecule has 2 N–H and O–H groups in total. The van der Waals surface area contributed by atoms with Gasteiger partial charge < -0.3 is 5.73 Å². The lowest BCUT2D eigenvalue weighted by Gasteiger charge is -2.21. The third kappa shape index (κ3) is 1.91. The minimum atomic E-state index is -0.103. The number of rotatable bonds is 2. The van der Waals surface area contributed by atoms with Gasteiger partial charge in [-0.25, -0.2) is 0 Å². The van der Waals surface area contributed by atoms with E-state index in [0.29, 0.717) is 0 Å². The molecule has 1 saturated carbocycles. The topological polar surface area (TPSA) is 69.1 Å². The van der Waals surface area contributed by atoms with Crippen molar-refractivity contribution >= 4 is 5.65 Å². The first-order valence-electron chi connectivity index (χ1n) is 6.13. The predicted molar refractivity (Wildman–Crippen MR) is 64.6 cm³/mol. The average Bonchev–Trinajstić information content (AvgIpc) is 2.87. The summed E-state index contributed by atoms with van der Waals surface area (Å²) in [6.07, 6.45) is 5.37. The first-order valence-corrected chi connectivity index (χ1v) is 6.13. The molecule has 5 nitrogen and oxygen atoms in total. The van der Waals surface area contributed by atoms with Crippen LogP contribution in [0.5, 0.6) is 0 Å². The molecule has 2 heterocycles. The lowest BCUT2D eigenvalue weighted by atomic mass is 9.94. The number of nitrogens with zero attached hydrogens (tertiary/aromatic N) is 4. The molecule has 1 aliphatic rings. The number of hydrogen-bond acceptors (Lipinski definition) is 4. The highest BCUT2D eigenvalue weighted by atomic mass is 15.4. The Morgan fingerprint density at radius 2 is 2.06 bits per heavy atom. The lowest BCUT2D eigenvalue weighted by molar-refractivity contribution is 0.422. The van der Waals surface area contributed by atoms with Crippen molar-refractivity contribution in [1.29, 1.82) is 0 Å². The molecular formula is C12H17N5. The highest BCUT2D eigenvalue weighted by Gasteiger charge is 2.31. The quantitative estimate of drug-likeness (QED) is 0.844. The minimum Gasteiger partial charge on any atom is -0.325 e. The molecule has 0 atom stereocenters. The summed E-state index contributed by atoms with van der Waals surface area (Å²) >= 11 is 0. The van der Waals surface area contributed by atoms with Gasteiger partial charge in [0.2, 0.25) is 0 Å². The smallest absolute Gasteiger partial charge is 0.177 e. The number of hydrogen-bond donors (Lipinski definition) is 1. The molecule has 0 unspecified atom stereocenters. The highest BCUT2D eigenvalue weighted by molar-refractivity contribution is 5.36. The van der Waals surface area contributed by atoms with Crippen molar-refractivity contribution in [2.75, 3.05) is 0 Å². The Bertz CT molecular complexity index is 539. The van der Waals surface area contributed by atoms with Crippen LogP contribution in [0.1, 0.15) is 37.2 Å². The number of aromatic nitrogens is 4. The molecule has 0 bridgehead atoms. The SMILES string of the molecule is Cc1ccc2nnc(CC3(N)CCCC3)n2n1. The largest absolute Gasteiger partial charge is 0.325 e. The Balaban J connectivity index is 1.97. The Morgan fingerprint density at radius 3 is 2.82 bits per heavy atom. The fourth-order valence-electron chi connectivity index (χ4n) is 2.61. The van der Waals surface area contributed by atoms with Gasteiger partial charge in [0.05, 0.1) is 5.69 Å². The summed E-state index contributed by atoms with van der Waals surface area (Å²) in [5.41, 5.74) is 8.03. The second kappa shape index (κ2) is 3.77. The summed E-state index contributed by atoms with van der Waals surface area (Å²) in [4.78, 5) is 0. The number of aryl methyl sites for hydroxylation is 1. The van der Waals surface area contributed by atoms with E-state index >= 15 is 0 Å². The van der Waals surface area contributed by atoms with Crippen molar-refractivity contribution in [2.45, 2.75) is 44.6 Å². The van der Waals surface area contributed by atoms with Crippen LogP contribution >= 0.6 is 0 Å². The Labute approximate surface area is 100 Å². The summed E-state index contributed by atoms with van der Waals surface area (Å²) in [5, 5.41) is 12.8. The fourth-order valence-corrected chi connectivity index (χ4v) is 2.61. The Morgan fingerprint density at radius 1 is 1.29 bits per heavy atom. The van der Waals surface area contributed by atoms with E-state index in [9.17, 15) is 0 Å². The van der Waals surface area contributed by atoms with Gasteiger partial charge >= 0.3 is 0 Å². The summed E-state index contributed by atoms with van der Waals surface area (Å²) in [7, 11) is 0. The number of fused-ring (bicyclic) bond motifs is 1. The van der Waals surface area contributed by atoms with Crippen LogP contribution in [-0.2, 0) is 6.42 Å². The molecule has 2 aromatic rings. The van der Waals surface area contributed by atoms with Crippen LogP contribution in [0, 0.1) is 6.92 Å². The summed E-state index contributed by atoms with van der Waals surface area (Å²) in [6, 6.07) is 3.89. The first kappa shape index (κ1) is 10.7. The fraction of sp³-hybridized carbons (Fsp3) is 0.583. The molecule has 17 heavy (non-hydrogen) atoms. The van der Waals surface area contributed by atoms with Crippen molar-refractivity contribution in [2.24, 2.45) is 5.73 Å². The molecule has 3 rings (SSSR count). The molecule has 0 aliphatic heterocycles. The van der Waals surface area contributed by atoms with Gasteiger partial charge in [0.1, 0.15) is 0 Å². The van der Waals surface area contributed by atoms with Gasteiger partial charge in [-0.15, -0.1) is 10.2 Å². The zero-order valence-electron chi connectivity index (χ0n) is 10.1. The molecule has 5 heteroatoms. The van der Waals surface area contributed by atoms with Crippen molar-refractivity contribution in [1.82, 2.24) is 19.8 Å². The van der Waals surface area contributed by atoms with Crippen molar-refractivity contribution in [3.63, 3.8) is 0 Å². The second-order valence-corrected chi connectivity index (χ2v) is 5.11. The summed E-state index contributed by atoms with van der Waals surface area (Å²) < 4.78 is 1.82. The molecule has 0 radical (unpaired) electrons. The molecule has 90 valence electrons. The third-order valence-corrected chi connectivity index (χ3v) is 3.57. The van der Waals surface area contributed by atoms with Crippen LogP contribution in [0.4, 0.5) is 0 Å². The summed E-state index contributed by atoms with van der Waals surface area (Å²) in [5.74, 6) is 0.883. The average molecular weight is 231 g/mol. The summed E-state index contributed by atoms with van der Waals surface area (Å²) in [6.45, 7) is 1.97. The molecule has 2 aromatic heterocycles. The zero-order chi connectivity index (χ0) is 11.9. The minimum absolute atomic E-state index is 0.103. The van der Waals surface area contributed by atoms with E-state index in [1.807, 2.05) is 23.6 Å². The van der Waals surface area contributed by atoms with Crippen molar-refractivity contribution in [3.05, 3.63) is 23.7 Å². The van der Waals surface area contributed by atoms with Crippen molar-refractivity contribution < 1.29 is 0 Å². The van der Waals surface area contributed by atoms with E-state index in [0.717, 1.165) is 36.4 Å². The standard InChI is InChI=1S/C12H17N5/c1-9-4-5-10-14-15-11(17(10)16-9)8-12(13)6-2-3-7-12/h4-5H,2-3,6-8,13H2,1H3. The lowest BCUT2D eigenvalue weighted by Crippen LogP contribution is -2.39. The monoisotopic (exact) mass is 231 g/mol. The maximum absolute atomic E-state index is 6.37. The Kier molecular flexibility index (Phi) is 2.36. The van der Waals surface area contributed by atoms with E-state index in [1.165, 1.54) is 12.8 Å². The number of nitrogens with two attached hydrogens (primary N) is 1. The van der Waals surface area contributed by atoms with Gasteiger partial charge in [0.25, 0.3) is 0 Å². The molecule has 0 aromatic carbocycles. The molecule has 0 amide bonds. The molecule has 1 fully saturated rings.